The Balaban J connectivity index is 1.33. The predicted molar refractivity (Wildman–Crippen MR) is 120 cm³/mol. The summed E-state index contributed by atoms with van der Waals surface area (Å²) < 4.78 is 1.84. The molecule has 1 aliphatic rings. The molecule has 0 spiro atoms. The van der Waals surface area contributed by atoms with Crippen molar-refractivity contribution in [2.24, 2.45) is 0 Å². The number of carbonyl (C=O) groups is 1. The van der Waals surface area contributed by atoms with E-state index in [1.165, 1.54) is 12.8 Å². The van der Waals surface area contributed by atoms with E-state index < -0.39 is 0 Å². The van der Waals surface area contributed by atoms with Gasteiger partial charge in [0.15, 0.2) is 0 Å². The zero-order chi connectivity index (χ0) is 20.8. The van der Waals surface area contributed by atoms with Gasteiger partial charge in [0, 0.05) is 24.2 Å². The quantitative estimate of drug-likeness (QED) is 0.585. The fourth-order valence-electron chi connectivity index (χ4n) is 4.00. The van der Waals surface area contributed by atoms with Gasteiger partial charge >= 0.3 is 0 Å². The van der Waals surface area contributed by atoms with Crippen molar-refractivity contribution in [1.82, 2.24) is 20.0 Å². The first-order valence-corrected chi connectivity index (χ1v) is 10.9. The second kappa shape index (κ2) is 9.92. The summed E-state index contributed by atoms with van der Waals surface area (Å²) in [6.45, 7) is 2.67. The van der Waals surface area contributed by atoms with Gasteiger partial charge in [-0.25, -0.2) is 4.68 Å². The monoisotopic (exact) mass is 422 g/mol. The molecule has 2 aromatic carbocycles. The lowest BCUT2D eigenvalue weighted by Crippen LogP contribution is -2.37. The van der Waals surface area contributed by atoms with Crippen molar-refractivity contribution in [1.29, 1.82) is 0 Å². The molecule has 0 unspecified atom stereocenters. The second-order valence-electron chi connectivity index (χ2n) is 7.71. The maximum atomic E-state index is 12.5. The standard InChI is InChI=1S/C24H27ClN4O/c25-22-11-5-4-10-21(22)23(28-14-6-7-15-28)17-26-24(30)13-12-19-16-27-29(18-19)20-8-2-1-3-9-20/h1-5,8-11,16,18,23H,6-7,12-15,17H2,(H,26,30)/t23-/m0/s1. The first-order valence-electron chi connectivity index (χ1n) is 10.5. The number of para-hydroxylation sites is 1. The molecule has 6 heteroatoms. The Morgan fingerprint density at radius 2 is 1.80 bits per heavy atom. The van der Waals surface area contributed by atoms with E-state index in [9.17, 15) is 4.79 Å². The van der Waals surface area contributed by atoms with Crippen LogP contribution < -0.4 is 5.32 Å². The van der Waals surface area contributed by atoms with Gasteiger partial charge in [-0.15, -0.1) is 0 Å². The fourth-order valence-corrected chi connectivity index (χ4v) is 4.26. The van der Waals surface area contributed by atoms with E-state index >= 15 is 0 Å². The van der Waals surface area contributed by atoms with Crippen molar-refractivity contribution in [2.45, 2.75) is 31.7 Å². The van der Waals surface area contributed by atoms with Crippen molar-refractivity contribution in [3.8, 4) is 5.69 Å². The summed E-state index contributed by atoms with van der Waals surface area (Å²) >= 11 is 6.46. The minimum atomic E-state index is 0.0544. The summed E-state index contributed by atoms with van der Waals surface area (Å²) in [5.74, 6) is 0.0544. The molecule has 30 heavy (non-hydrogen) atoms. The van der Waals surface area contributed by atoms with E-state index in [1.54, 1.807) is 0 Å². The van der Waals surface area contributed by atoms with Crippen LogP contribution in [0.15, 0.2) is 67.0 Å². The molecule has 156 valence electrons. The van der Waals surface area contributed by atoms with Gasteiger partial charge in [-0.1, -0.05) is 48.0 Å². The Bertz CT molecular complexity index is 966. The van der Waals surface area contributed by atoms with Crippen molar-refractivity contribution in [3.05, 3.63) is 83.1 Å². The maximum Gasteiger partial charge on any atom is 0.220 e. The van der Waals surface area contributed by atoms with Crippen LogP contribution in [0.2, 0.25) is 5.02 Å². The summed E-state index contributed by atoms with van der Waals surface area (Å²) in [4.78, 5) is 15.0. The van der Waals surface area contributed by atoms with Crippen LogP contribution in [0, 0.1) is 0 Å². The third kappa shape index (κ3) is 5.10. The first-order chi connectivity index (χ1) is 14.7. The van der Waals surface area contributed by atoms with Crippen LogP contribution in [-0.4, -0.2) is 40.2 Å². The SMILES string of the molecule is O=C(CCc1cnn(-c2ccccc2)c1)NC[C@@H](c1ccccc1Cl)N1CCCC1. The van der Waals surface area contributed by atoms with Crippen molar-refractivity contribution < 1.29 is 4.79 Å². The van der Waals surface area contributed by atoms with Gasteiger partial charge in [-0.3, -0.25) is 9.69 Å². The fraction of sp³-hybridized carbons (Fsp3) is 0.333. The number of amides is 1. The Kier molecular flexibility index (Phi) is 6.82. The lowest BCUT2D eigenvalue weighted by atomic mass is 10.1. The van der Waals surface area contributed by atoms with Crippen LogP contribution in [0.3, 0.4) is 0 Å². The van der Waals surface area contributed by atoms with E-state index in [0.29, 0.717) is 19.4 Å². The lowest BCUT2D eigenvalue weighted by molar-refractivity contribution is -0.121. The number of halogens is 1. The van der Waals surface area contributed by atoms with Gasteiger partial charge < -0.3 is 5.32 Å². The summed E-state index contributed by atoms with van der Waals surface area (Å²) in [6.07, 6.45) is 7.31. The molecule has 1 fully saturated rings. The summed E-state index contributed by atoms with van der Waals surface area (Å²) in [5, 5.41) is 8.29. The Morgan fingerprint density at radius 3 is 2.57 bits per heavy atom. The number of likely N-dealkylation sites (tertiary alicyclic amines) is 1. The average Bonchev–Trinajstić information content (AvgIpc) is 3.47. The van der Waals surface area contributed by atoms with E-state index in [-0.39, 0.29) is 11.9 Å². The molecule has 0 aliphatic carbocycles. The molecule has 5 nitrogen and oxygen atoms in total. The van der Waals surface area contributed by atoms with E-state index in [0.717, 1.165) is 34.9 Å². The van der Waals surface area contributed by atoms with E-state index in [2.05, 4.69) is 21.4 Å². The molecular formula is C24H27ClN4O. The normalized spacial score (nSPS) is 15.2. The second-order valence-corrected chi connectivity index (χ2v) is 8.12. The number of nitrogens with zero attached hydrogens (tertiary/aromatic N) is 3. The van der Waals surface area contributed by atoms with Gasteiger partial charge in [0.1, 0.15) is 0 Å². The highest BCUT2D eigenvalue weighted by molar-refractivity contribution is 6.31. The van der Waals surface area contributed by atoms with Crippen LogP contribution in [-0.2, 0) is 11.2 Å². The number of aromatic nitrogens is 2. The van der Waals surface area contributed by atoms with E-state index in [1.807, 2.05) is 65.6 Å². The highest BCUT2D eigenvalue weighted by atomic mass is 35.5. The van der Waals surface area contributed by atoms with Crippen LogP contribution >= 0.6 is 11.6 Å². The molecule has 1 N–H and O–H groups in total. The molecule has 4 rings (SSSR count). The Labute approximate surface area is 182 Å². The van der Waals surface area contributed by atoms with Crippen LogP contribution in [0.1, 0.15) is 36.4 Å². The average molecular weight is 423 g/mol. The maximum absolute atomic E-state index is 12.5. The number of benzene rings is 2. The molecule has 0 saturated carbocycles. The van der Waals surface area contributed by atoms with Gasteiger partial charge in [-0.05, 0) is 61.7 Å². The molecule has 1 amide bonds. The minimum absolute atomic E-state index is 0.0544. The molecular weight excluding hydrogens is 396 g/mol. The highest BCUT2D eigenvalue weighted by Crippen LogP contribution is 2.29. The number of carbonyl (C=O) groups excluding carboxylic acids is 1. The van der Waals surface area contributed by atoms with Crippen LogP contribution in [0.5, 0.6) is 0 Å². The molecule has 1 atom stereocenters. The third-order valence-corrected chi connectivity index (χ3v) is 5.98. The van der Waals surface area contributed by atoms with Crippen molar-refractivity contribution in [2.75, 3.05) is 19.6 Å². The zero-order valence-electron chi connectivity index (χ0n) is 17.0. The summed E-state index contributed by atoms with van der Waals surface area (Å²) in [5.41, 5.74) is 3.16. The highest BCUT2D eigenvalue weighted by Gasteiger charge is 2.25. The lowest BCUT2D eigenvalue weighted by Gasteiger charge is -2.29. The molecule has 2 heterocycles. The molecule has 0 radical (unpaired) electrons. The number of aryl methyl sites for hydroxylation is 1. The minimum Gasteiger partial charge on any atom is -0.354 e. The predicted octanol–water partition coefficient (Wildman–Crippen LogP) is 4.41. The number of hydrogen-bond donors (Lipinski definition) is 1. The number of nitrogens with one attached hydrogen (secondary N) is 1. The number of rotatable bonds is 8. The first kappa shape index (κ1) is 20.6. The Hall–Kier alpha value is -2.63. The molecule has 0 bridgehead atoms. The summed E-state index contributed by atoms with van der Waals surface area (Å²) in [6, 6.07) is 18.0. The van der Waals surface area contributed by atoms with Crippen LogP contribution in [0.25, 0.3) is 5.69 Å². The van der Waals surface area contributed by atoms with Gasteiger partial charge in [0.2, 0.25) is 5.91 Å². The van der Waals surface area contributed by atoms with Crippen molar-refractivity contribution >= 4 is 17.5 Å². The molecule has 1 aromatic heterocycles. The molecule has 1 aliphatic heterocycles. The zero-order valence-corrected chi connectivity index (χ0v) is 17.8. The molecule has 1 saturated heterocycles. The smallest absolute Gasteiger partial charge is 0.220 e. The molecule has 3 aromatic rings. The summed E-state index contributed by atoms with van der Waals surface area (Å²) in [7, 11) is 0. The van der Waals surface area contributed by atoms with Crippen molar-refractivity contribution in [3.63, 3.8) is 0 Å². The largest absolute Gasteiger partial charge is 0.354 e. The van der Waals surface area contributed by atoms with Gasteiger partial charge in [-0.2, -0.15) is 5.10 Å². The third-order valence-electron chi connectivity index (χ3n) is 5.64. The van der Waals surface area contributed by atoms with E-state index in [4.69, 9.17) is 11.6 Å². The Morgan fingerprint density at radius 1 is 1.07 bits per heavy atom. The topological polar surface area (TPSA) is 50.2 Å². The van der Waals surface area contributed by atoms with Crippen LogP contribution in [0.4, 0.5) is 0 Å². The van der Waals surface area contributed by atoms with Gasteiger partial charge in [0.05, 0.1) is 17.9 Å². The number of hydrogen-bond acceptors (Lipinski definition) is 3. The van der Waals surface area contributed by atoms with Gasteiger partial charge in [0.25, 0.3) is 0 Å².